The smallest absolute Gasteiger partial charge is 0.193 e. The first-order valence-electron chi connectivity index (χ1n) is 8.33. The number of halogens is 1. The van der Waals surface area contributed by atoms with Crippen molar-refractivity contribution < 1.29 is 5.11 Å². The van der Waals surface area contributed by atoms with Crippen molar-refractivity contribution in [2.24, 2.45) is 10.7 Å². The second-order valence-electron chi connectivity index (χ2n) is 6.83. The van der Waals surface area contributed by atoms with Gasteiger partial charge in [-0.1, -0.05) is 35.9 Å². The lowest BCUT2D eigenvalue weighted by molar-refractivity contribution is 0.0284. The predicted octanol–water partition coefficient (Wildman–Crippen LogP) is 3.06. The molecule has 132 valence electrons. The number of rotatable bonds is 4. The van der Waals surface area contributed by atoms with Crippen molar-refractivity contribution in [3.05, 3.63) is 53.3 Å². The predicted molar refractivity (Wildman–Crippen MR) is 101 cm³/mol. The number of aryl methyl sites for hydroxylation is 1. The highest BCUT2D eigenvalue weighted by molar-refractivity contribution is 6.29. The first kappa shape index (κ1) is 17.7. The van der Waals surface area contributed by atoms with Crippen LogP contribution in [-0.4, -0.2) is 39.8 Å². The van der Waals surface area contributed by atoms with Crippen LogP contribution in [0.15, 0.2) is 47.6 Å². The molecule has 2 aromatic rings. The van der Waals surface area contributed by atoms with E-state index in [1.54, 1.807) is 18.1 Å². The van der Waals surface area contributed by atoms with E-state index in [-0.39, 0.29) is 5.54 Å². The highest BCUT2D eigenvalue weighted by atomic mass is 35.5. The van der Waals surface area contributed by atoms with Crippen molar-refractivity contribution in [2.75, 3.05) is 7.05 Å². The molecule has 0 radical (unpaired) electrons. The molecule has 25 heavy (non-hydrogen) atoms. The maximum Gasteiger partial charge on any atom is 0.193 e. The van der Waals surface area contributed by atoms with E-state index in [0.29, 0.717) is 17.5 Å². The van der Waals surface area contributed by atoms with Gasteiger partial charge < -0.3 is 15.7 Å². The van der Waals surface area contributed by atoms with E-state index >= 15 is 0 Å². The molecule has 0 saturated heterocycles. The lowest BCUT2D eigenvalue weighted by atomic mass is 9.88. The topological polar surface area (TPSA) is 74.7 Å². The normalized spacial score (nSPS) is 23.4. The average molecular weight is 359 g/mol. The van der Waals surface area contributed by atoms with E-state index in [1.165, 1.54) is 5.56 Å². The molecular weight excluding hydrogens is 336 g/mol. The number of aromatic nitrogens is 1. The number of aliphatic hydroxyl groups is 1. The molecule has 1 aromatic heterocycles. The van der Waals surface area contributed by atoms with E-state index in [0.717, 1.165) is 24.0 Å². The molecule has 2 heterocycles. The monoisotopic (exact) mass is 358 g/mol. The first-order chi connectivity index (χ1) is 11.9. The molecule has 0 fully saturated rings. The SMILES string of the molecule is CN1C(N)=NC(C)(CCc2cccc(-c3ccnc(Cl)c3)c2)CC1O. The number of hydrogen-bond donors (Lipinski definition) is 2. The largest absolute Gasteiger partial charge is 0.373 e. The van der Waals surface area contributed by atoms with Gasteiger partial charge in [0.25, 0.3) is 0 Å². The Morgan fingerprint density at radius 3 is 2.80 bits per heavy atom. The van der Waals surface area contributed by atoms with Crippen LogP contribution in [0.25, 0.3) is 11.1 Å². The third-order valence-electron chi connectivity index (χ3n) is 4.75. The molecule has 5 nitrogen and oxygen atoms in total. The van der Waals surface area contributed by atoms with Crippen LogP contribution in [0.3, 0.4) is 0 Å². The summed E-state index contributed by atoms with van der Waals surface area (Å²) < 4.78 is 0. The molecule has 0 spiro atoms. The minimum absolute atomic E-state index is 0.355. The van der Waals surface area contributed by atoms with Crippen LogP contribution < -0.4 is 5.73 Å². The maximum absolute atomic E-state index is 10.1. The summed E-state index contributed by atoms with van der Waals surface area (Å²) in [5, 5.41) is 10.6. The van der Waals surface area contributed by atoms with Crippen LogP contribution in [0.2, 0.25) is 5.15 Å². The Balaban J connectivity index is 1.75. The van der Waals surface area contributed by atoms with Gasteiger partial charge in [0, 0.05) is 19.7 Å². The van der Waals surface area contributed by atoms with E-state index in [2.05, 4.69) is 28.2 Å². The van der Waals surface area contributed by atoms with Crippen LogP contribution in [0, 0.1) is 0 Å². The summed E-state index contributed by atoms with van der Waals surface area (Å²) in [4.78, 5) is 10.2. The van der Waals surface area contributed by atoms with Crippen molar-refractivity contribution in [3.63, 3.8) is 0 Å². The zero-order valence-corrected chi connectivity index (χ0v) is 15.2. The number of nitrogens with two attached hydrogens (primary N) is 1. The summed E-state index contributed by atoms with van der Waals surface area (Å²) >= 11 is 5.99. The summed E-state index contributed by atoms with van der Waals surface area (Å²) in [6.45, 7) is 2.04. The summed E-state index contributed by atoms with van der Waals surface area (Å²) in [5.74, 6) is 0.390. The van der Waals surface area contributed by atoms with Gasteiger partial charge in [-0.3, -0.25) is 0 Å². The molecule has 1 aromatic carbocycles. The second-order valence-corrected chi connectivity index (χ2v) is 7.22. The van der Waals surface area contributed by atoms with Gasteiger partial charge >= 0.3 is 0 Å². The van der Waals surface area contributed by atoms with Gasteiger partial charge in [0.2, 0.25) is 0 Å². The molecule has 1 aliphatic heterocycles. The van der Waals surface area contributed by atoms with E-state index in [4.69, 9.17) is 17.3 Å². The molecule has 2 unspecified atom stereocenters. The van der Waals surface area contributed by atoms with E-state index in [9.17, 15) is 5.11 Å². The number of hydrogen-bond acceptors (Lipinski definition) is 5. The minimum atomic E-state index is -0.590. The van der Waals surface area contributed by atoms with Crippen LogP contribution >= 0.6 is 11.6 Å². The molecule has 0 bridgehead atoms. The van der Waals surface area contributed by atoms with E-state index < -0.39 is 6.23 Å². The summed E-state index contributed by atoms with van der Waals surface area (Å²) in [7, 11) is 1.76. The highest BCUT2D eigenvalue weighted by Crippen LogP contribution is 2.30. The number of benzene rings is 1. The number of aliphatic imine (C=N–C) groups is 1. The fourth-order valence-electron chi connectivity index (χ4n) is 3.14. The Kier molecular flexibility index (Phi) is 4.97. The molecule has 3 rings (SSSR count). The molecule has 2 atom stereocenters. The number of aliphatic hydroxyl groups excluding tert-OH is 1. The fraction of sp³-hybridized carbons (Fsp3) is 0.368. The lowest BCUT2D eigenvalue weighted by Crippen LogP contribution is -2.51. The molecule has 0 saturated carbocycles. The first-order valence-corrected chi connectivity index (χ1v) is 8.71. The van der Waals surface area contributed by atoms with Gasteiger partial charge in [-0.2, -0.15) is 0 Å². The number of nitrogens with zero attached hydrogens (tertiary/aromatic N) is 3. The second kappa shape index (κ2) is 7.02. The summed E-state index contributed by atoms with van der Waals surface area (Å²) in [5.41, 5.74) is 8.94. The Hall–Kier alpha value is -2.11. The third-order valence-corrected chi connectivity index (χ3v) is 4.96. The summed E-state index contributed by atoms with van der Waals surface area (Å²) in [6, 6.07) is 12.2. The van der Waals surface area contributed by atoms with Crippen LogP contribution in [0.4, 0.5) is 0 Å². The Morgan fingerprint density at radius 2 is 2.08 bits per heavy atom. The van der Waals surface area contributed by atoms with Gasteiger partial charge in [0.1, 0.15) is 11.4 Å². The maximum atomic E-state index is 10.1. The van der Waals surface area contributed by atoms with Crippen molar-refractivity contribution in [1.82, 2.24) is 9.88 Å². The molecule has 0 aliphatic carbocycles. The van der Waals surface area contributed by atoms with Crippen molar-refractivity contribution in [1.29, 1.82) is 0 Å². The third kappa shape index (κ3) is 4.11. The zero-order chi connectivity index (χ0) is 18.0. The quantitative estimate of drug-likeness (QED) is 0.824. The van der Waals surface area contributed by atoms with Crippen LogP contribution in [-0.2, 0) is 6.42 Å². The van der Waals surface area contributed by atoms with Gasteiger partial charge in [0.05, 0.1) is 5.54 Å². The highest BCUT2D eigenvalue weighted by Gasteiger charge is 2.34. The Labute approximate surface area is 153 Å². The molecule has 3 N–H and O–H groups in total. The van der Waals surface area contributed by atoms with Gasteiger partial charge in [-0.15, -0.1) is 0 Å². The van der Waals surface area contributed by atoms with Crippen molar-refractivity contribution in [3.8, 4) is 11.1 Å². The fourth-order valence-corrected chi connectivity index (χ4v) is 3.32. The number of pyridine rings is 1. The van der Waals surface area contributed by atoms with Crippen molar-refractivity contribution >= 4 is 17.6 Å². The molecule has 6 heteroatoms. The zero-order valence-electron chi connectivity index (χ0n) is 14.5. The molecular formula is C19H23ClN4O. The Morgan fingerprint density at radius 1 is 1.32 bits per heavy atom. The van der Waals surface area contributed by atoms with Gasteiger partial charge in [-0.05, 0) is 48.6 Å². The minimum Gasteiger partial charge on any atom is -0.373 e. The van der Waals surface area contributed by atoms with E-state index in [1.807, 2.05) is 25.1 Å². The van der Waals surface area contributed by atoms with Crippen molar-refractivity contribution in [2.45, 2.75) is 38.0 Å². The van der Waals surface area contributed by atoms with Gasteiger partial charge in [0.15, 0.2) is 5.96 Å². The van der Waals surface area contributed by atoms with Crippen LogP contribution in [0.5, 0.6) is 0 Å². The number of guanidine groups is 1. The molecule has 0 amide bonds. The Bertz CT molecular complexity index is 794. The van der Waals surface area contributed by atoms with Gasteiger partial charge in [-0.25, -0.2) is 9.98 Å². The average Bonchev–Trinajstić information content (AvgIpc) is 2.58. The summed E-state index contributed by atoms with van der Waals surface area (Å²) in [6.07, 6.45) is 3.37. The molecule has 1 aliphatic rings. The lowest BCUT2D eigenvalue weighted by Gasteiger charge is -2.38. The standard InChI is InChI=1S/C19H23ClN4O/c1-19(12-17(25)24(2)18(21)23-19)8-6-13-4-3-5-14(10-13)15-7-9-22-16(20)11-15/h3-5,7,9-11,17,25H,6,8,12H2,1-2H3,(H2,21,23). The van der Waals surface area contributed by atoms with Crippen LogP contribution in [0.1, 0.15) is 25.3 Å².